The molecule has 0 aromatic carbocycles. The van der Waals surface area contributed by atoms with Crippen molar-refractivity contribution in [3.05, 3.63) is 12.2 Å². The molecule has 0 heterocycles. The van der Waals surface area contributed by atoms with Gasteiger partial charge in [0.2, 0.25) is 5.91 Å². The highest BCUT2D eigenvalue weighted by molar-refractivity contribution is 5.76. The third-order valence-electron chi connectivity index (χ3n) is 17.6. The number of carbonyl (C=O) groups excluding carboxylic acids is 2. The molecule has 0 spiro atoms. The number of allylic oxidation sites excluding steroid dienone is 2. The van der Waals surface area contributed by atoms with Crippen LogP contribution in [0.4, 0.5) is 0 Å². The zero-order valence-electron chi connectivity index (χ0n) is 54.6. The molecule has 1 amide bonds. The zero-order valence-corrected chi connectivity index (χ0v) is 54.6. The first-order valence-electron chi connectivity index (χ1n) is 36.9. The van der Waals surface area contributed by atoms with E-state index in [1.165, 1.54) is 347 Å². The average molecular weight is 1130 g/mol. The smallest absolute Gasteiger partial charge is 0.305 e. The van der Waals surface area contributed by atoms with Crippen molar-refractivity contribution in [3.63, 3.8) is 0 Å². The maximum Gasteiger partial charge on any atom is 0.305 e. The van der Waals surface area contributed by atoms with E-state index in [9.17, 15) is 19.8 Å². The van der Waals surface area contributed by atoms with Crippen LogP contribution in [-0.2, 0) is 14.3 Å². The van der Waals surface area contributed by atoms with Crippen LogP contribution in [0.1, 0.15) is 425 Å². The minimum atomic E-state index is -0.667. The highest BCUT2D eigenvalue weighted by Crippen LogP contribution is 2.20. The van der Waals surface area contributed by atoms with Gasteiger partial charge in [0, 0.05) is 12.8 Å². The van der Waals surface area contributed by atoms with E-state index in [0.29, 0.717) is 25.9 Å². The Morgan fingerprint density at radius 3 is 0.887 bits per heavy atom. The number of nitrogens with one attached hydrogen (secondary N) is 1. The second-order valence-electron chi connectivity index (χ2n) is 25.6. The van der Waals surface area contributed by atoms with E-state index < -0.39 is 12.1 Å². The molecule has 0 aromatic rings. The Morgan fingerprint density at radius 2 is 0.588 bits per heavy atom. The fourth-order valence-electron chi connectivity index (χ4n) is 11.9. The molecule has 80 heavy (non-hydrogen) atoms. The molecule has 2 atom stereocenters. The SMILES string of the molecule is CCCCCCCCC/C=C\CCCCCCCCCC(=O)OCCCCCCCCCCCCCCCCCCCCCCC(=O)NC(CO)C(O)CCCCCCCCCCCCCCCCCCCCCCCCCCC. The number of aliphatic hydroxyl groups is 2. The molecule has 0 rings (SSSR count). The standard InChI is InChI=1S/C74H145NO5/c1-3-5-7-9-11-13-15-17-19-21-23-24-25-26-27-28-31-34-38-42-46-50-54-58-62-66-72(77)71(70-76)75-73(78)67-63-59-55-51-47-43-39-35-32-29-30-33-37-41-45-49-53-57-61-65-69-80-74(79)68-64-60-56-52-48-44-40-36-22-20-18-16-14-12-10-8-6-4-2/h20,22,71-72,76-77H,3-19,21,23-70H2,1-2H3,(H,75,78)/b22-20-. The summed E-state index contributed by atoms with van der Waals surface area (Å²) in [4.78, 5) is 24.7. The summed E-state index contributed by atoms with van der Waals surface area (Å²) in [6, 6.07) is -0.544. The molecule has 0 saturated carbocycles. The lowest BCUT2D eigenvalue weighted by molar-refractivity contribution is -0.143. The highest BCUT2D eigenvalue weighted by atomic mass is 16.5. The first kappa shape index (κ1) is 78.6. The van der Waals surface area contributed by atoms with E-state index >= 15 is 0 Å². The minimum Gasteiger partial charge on any atom is -0.466 e. The molecule has 0 aromatic heterocycles. The molecule has 3 N–H and O–H groups in total. The van der Waals surface area contributed by atoms with E-state index in [4.69, 9.17) is 4.74 Å². The first-order valence-corrected chi connectivity index (χ1v) is 36.9. The number of rotatable bonds is 70. The summed E-state index contributed by atoms with van der Waals surface area (Å²) in [5.74, 6) is -0.0218. The van der Waals surface area contributed by atoms with Crippen LogP contribution >= 0.6 is 0 Å². The number of hydrogen-bond donors (Lipinski definition) is 3. The monoisotopic (exact) mass is 1130 g/mol. The number of unbranched alkanes of at least 4 members (excludes halogenated alkanes) is 57. The van der Waals surface area contributed by atoms with Gasteiger partial charge in [-0.2, -0.15) is 0 Å². The van der Waals surface area contributed by atoms with Gasteiger partial charge in [-0.05, 0) is 51.4 Å². The average Bonchev–Trinajstić information content (AvgIpc) is 3.46. The molecule has 2 unspecified atom stereocenters. The van der Waals surface area contributed by atoms with Gasteiger partial charge in [-0.1, -0.05) is 373 Å². The van der Waals surface area contributed by atoms with Crippen LogP contribution in [-0.4, -0.2) is 47.4 Å². The molecule has 0 aliphatic heterocycles. The van der Waals surface area contributed by atoms with Gasteiger partial charge in [-0.15, -0.1) is 0 Å². The van der Waals surface area contributed by atoms with Gasteiger partial charge in [0.25, 0.3) is 0 Å². The summed E-state index contributed by atoms with van der Waals surface area (Å²) in [7, 11) is 0. The Kier molecular flexibility index (Phi) is 68.9. The molecule has 6 heteroatoms. The Morgan fingerprint density at radius 1 is 0.338 bits per heavy atom. The zero-order chi connectivity index (χ0) is 57.8. The predicted molar refractivity (Wildman–Crippen MR) is 352 cm³/mol. The Balaban J connectivity index is 3.38. The van der Waals surface area contributed by atoms with Crippen molar-refractivity contribution in [3.8, 4) is 0 Å². The van der Waals surface area contributed by atoms with E-state index in [1.807, 2.05) is 0 Å². The van der Waals surface area contributed by atoms with Gasteiger partial charge in [0.1, 0.15) is 0 Å². The van der Waals surface area contributed by atoms with Gasteiger partial charge >= 0.3 is 5.97 Å². The maximum atomic E-state index is 12.6. The van der Waals surface area contributed by atoms with Crippen LogP contribution in [0.15, 0.2) is 12.2 Å². The summed E-state index contributed by atoms with van der Waals surface area (Å²) < 4.78 is 5.51. The molecule has 0 aliphatic rings. The quantitative estimate of drug-likeness (QED) is 0.0320. The van der Waals surface area contributed by atoms with E-state index in [1.54, 1.807) is 0 Å². The summed E-state index contributed by atoms with van der Waals surface area (Å²) in [6.45, 7) is 4.99. The Hall–Kier alpha value is -1.40. The number of hydrogen-bond acceptors (Lipinski definition) is 5. The molecule has 0 aliphatic carbocycles. The molecular weight excluding hydrogens is 983 g/mol. The van der Waals surface area contributed by atoms with Crippen molar-refractivity contribution >= 4 is 11.9 Å². The highest BCUT2D eigenvalue weighted by Gasteiger charge is 2.20. The summed E-state index contributed by atoms with van der Waals surface area (Å²) in [5.41, 5.74) is 0. The lowest BCUT2D eigenvalue weighted by Crippen LogP contribution is -2.45. The van der Waals surface area contributed by atoms with Crippen LogP contribution < -0.4 is 5.32 Å². The van der Waals surface area contributed by atoms with Crippen molar-refractivity contribution < 1.29 is 24.5 Å². The second kappa shape index (κ2) is 70.1. The first-order chi connectivity index (χ1) is 39.5. The largest absolute Gasteiger partial charge is 0.466 e. The van der Waals surface area contributed by atoms with Gasteiger partial charge in [0.05, 0.1) is 25.4 Å². The molecule has 6 nitrogen and oxygen atoms in total. The van der Waals surface area contributed by atoms with Crippen LogP contribution in [0.5, 0.6) is 0 Å². The predicted octanol–water partition coefficient (Wildman–Crippen LogP) is 23.9. The Bertz CT molecular complexity index is 1210. The van der Waals surface area contributed by atoms with Crippen molar-refractivity contribution in [1.82, 2.24) is 5.32 Å². The number of ether oxygens (including phenoxy) is 1. The molecule has 0 fully saturated rings. The summed E-state index contributed by atoms with van der Waals surface area (Å²) in [5, 5.41) is 23.5. The van der Waals surface area contributed by atoms with Gasteiger partial charge in [-0.25, -0.2) is 0 Å². The fourth-order valence-corrected chi connectivity index (χ4v) is 11.9. The van der Waals surface area contributed by atoms with Gasteiger partial charge in [0.15, 0.2) is 0 Å². The number of aliphatic hydroxyl groups excluding tert-OH is 2. The summed E-state index contributed by atoms with van der Waals surface area (Å²) >= 11 is 0. The van der Waals surface area contributed by atoms with Crippen molar-refractivity contribution in [1.29, 1.82) is 0 Å². The van der Waals surface area contributed by atoms with Crippen LogP contribution in [0.3, 0.4) is 0 Å². The number of amides is 1. The topological polar surface area (TPSA) is 95.9 Å². The Labute approximate surface area is 501 Å². The second-order valence-corrected chi connectivity index (χ2v) is 25.6. The third-order valence-corrected chi connectivity index (χ3v) is 17.6. The normalized spacial score (nSPS) is 12.5. The van der Waals surface area contributed by atoms with E-state index in [0.717, 1.165) is 44.9 Å². The minimum absolute atomic E-state index is 0.00937. The van der Waals surface area contributed by atoms with Crippen LogP contribution in [0, 0.1) is 0 Å². The van der Waals surface area contributed by atoms with Crippen molar-refractivity contribution in [2.45, 2.75) is 437 Å². The van der Waals surface area contributed by atoms with Crippen molar-refractivity contribution in [2.24, 2.45) is 0 Å². The lowest BCUT2D eigenvalue weighted by atomic mass is 10.0. The van der Waals surface area contributed by atoms with Crippen LogP contribution in [0.2, 0.25) is 0 Å². The van der Waals surface area contributed by atoms with E-state index in [2.05, 4.69) is 31.3 Å². The fraction of sp³-hybridized carbons (Fsp3) is 0.946. The van der Waals surface area contributed by atoms with Gasteiger partial charge in [-0.3, -0.25) is 9.59 Å². The molecule has 0 radical (unpaired) electrons. The van der Waals surface area contributed by atoms with Crippen molar-refractivity contribution in [2.75, 3.05) is 13.2 Å². The molecular formula is C74H145NO5. The van der Waals surface area contributed by atoms with Gasteiger partial charge < -0.3 is 20.3 Å². The molecule has 0 bridgehead atoms. The summed E-state index contributed by atoms with van der Waals surface area (Å²) in [6.07, 6.45) is 86.9. The number of carbonyl (C=O) groups is 2. The molecule has 476 valence electrons. The maximum absolute atomic E-state index is 12.6. The number of esters is 1. The molecule has 0 saturated heterocycles. The van der Waals surface area contributed by atoms with Crippen LogP contribution in [0.25, 0.3) is 0 Å². The third kappa shape index (κ3) is 65.7. The lowest BCUT2D eigenvalue weighted by Gasteiger charge is -2.22. The van der Waals surface area contributed by atoms with E-state index in [-0.39, 0.29) is 18.5 Å².